The van der Waals surface area contributed by atoms with Crippen LogP contribution in [0.1, 0.15) is 60.4 Å². The number of hydrogen-bond donors (Lipinski definition) is 1. The number of aryl methyl sites for hydroxylation is 2. The fourth-order valence-electron chi connectivity index (χ4n) is 7.06. The molecular formula is C25H34N6O. The Hall–Kier alpha value is -2.41. The summed E-state index contributed by atoms with van der Waals surface area (Å²) in [7, 11) is 1.94. The number of likely N-dealkylation sites (tertiary alicyclic amines) is 1. The molecule has 2 bridgehead atoms. The standard InChI is InChI=1S/C25H34N6O/c1-15-23(16(2)29(3)28-15)20-13-21(27-26-20)25(32)31-10-6-7-17-11-18-12-19(24(17)31)14-30-9-5-4-8-22(18)30/h11,13,18-19,22,24H,4-10,12,14H2,1-3H3,(H,26,27)/t18-,19+,22-,24-/m1/s1. The Morgan fingerprint density at radius 2 is 2.06 bits per heavy atom. The Morgan fingerprint density at radius 3 is 2.88 bits per heavy atom. The highest BCUT2D eigenvalue weighted by molar-refractivity contribution is 5.94. The van der Waals surface area contributed by atoms with Gasteiger partial charge in [0.1, 0.15) is 5.69 Å². The summed E-state index contributed by atoms with van der Waals surface area (Å²) in [6.45, 7) is 7.26. The van der Waals surface area contributed by atoms with E-state index in [2.05, 4.69) is 31.2 Å². The second-order valence-electron chi connectivity index (χ2n) is 10.3. The molecule has 1 amide bonds. The summed E-state index contributed by atoms with van der Waals surface area (Å²) in [6, 6.07) is 2.91. The van der Waals surface area contributed by atoms with Gasteiger partial charge in [-0.3, -0.25) is 19.5 Å². The topological polar surface area (TPSA) is 70.1 Å². The van der Waals surface area contributed by atoms with Gasteiger partial charge in [0.2, 0.25) is 0 Å². The van der Waals surface area contributed by atoms with Gasteiger partial charge in [-0.05, 0) is 70.4 Å². The molecule has 5 heterocycles. The van der Waals surface area contributed by atoms with Gasteiger partial charge in [-0.25, -0.2) is 0 Å². The van der Waals surface area contributed by atoms with Gasteiger partial charge in [0.25, 0.3) is 5.91 Å². The zero-order valence-corrected chi connectivity index (χ0v) is 19.5. The molecule has 7 nitrogen and oxygen atoms in total. The van der Waals surface area contributed by atoms with Crippen molar-refractivity contribution in [1.29, 1.82) is 0 Å². The summed E-state index contributed by atoms with van der Waals surface area (Å²) in [6.07, 6.45) is 10.1. The van der Waals surface area contributed by atoms with Crippen LogP contribution in [0.2, 0.25) is 0 Å². The highest BCUT2D eigenvalue weighted by atomic mass is 16.2. The van der Waals surface area contributed by atoms with Crippen LogP contribution in [-0.2, 0) is 7.05 Å². The smallest absolute Gasteiger partial charge is 0.272 e. The van der Waals surface area contributed by atoms with Gasteiger partial charge in [-0.15, -0.1) is 0 Å². The van der Waals surface area contributed by atoms with E-state index in [1.54, 1.807) is 0 Å². The van der Waals surface area contributed by atoms with Gasteiger partial charge >= 0.3 is 0 Å². The number of nitrogens with one attached hydrogen (secondary N) is 1. The third kappa shape index (κ3) is 3.08. The fraction of sp³-hybridized carbons (Fsp3) is 0.640. The van der Waals surface area contributed by atoms with Crippen molar-refractivity contribution in [2.45, 2.75) is 64.5 Å². The van der Waals surface area contributed by atoms with E-state index in [9.17, 15) is 4.79 Å². The van der Waals surface area contributed by atoms with Crippen molar-refractivity contribution < 1.29 is 4.79 Å². The lowest BCUT2D eigenvalue weighted by molar-refractivity contribution is 0.00131. The number of fused-ring (bicyclic) bond motifs is 6. The number of hydrogen-bond acceptors (Lipinski definition) is 4. The molecule has 0 unspecified atom stereocenters. The number of carbonyl (C=O) groups is 1. The molecule has 0 aromatic carbocycles. The number of aromatic nitrogens is 4. The molecule has 1 N–H and O–H groups in total. The first-order valence-corrected chi connectivity index (χ1v) is 12.3. The van der Waals surface area contributed by atoms with Gasteiger partial charge in [0.05, 0.1) is 17.4 Å². The number of amides is 1. The highest BCUT2D eigenvalue weighted by Crippen LogP contribution is 2.45. The van der Waals surface area contributed by atoms with Crippen LogP contribution in [0.4, 0.5) is 0 Å². The Bertz CT molecular complexity index is 1080. The third-order valence-electron chi connectivity index (χ3n) is 8.49. The van der Waals surface area contributed by atoms with E-state index in [4.69, 9.17) is 0 Å². The van der Waals surface area contributed by atoms with Crippen molar-refractivity contribution >= 4 is 5.91 Å². The lowest BCUT2D eigenvalue weighted by Crippen LogP contribution is -2.60. The molecule has 0 saturated carbocycles. The molecule has 2 aromatic rings. The average molecular weight is 435 g/mol. The van der Waals surface area contributed by atoms with E-state index in [1.165, 1.54) is 37.8 Å². The van der Waals surface area contributed by atoms with E-state index >= 15 is 0 Å². The minimum atomic E-state index is 0.0952. The van der Waals surface area contributed by atoms with Crippen molar-refractivity contribution in [3.63, 3.8) is 0 Å². The number of H-pyrrole nitrogens is 1. The lowest BCUT2D eigenvalue weighted by atomic mass is 9.68. The molecular weight excluding hydrogens is 400 g/mol. The monoisotopic (exact) mass is 434 g/mol. The largest absolute Gasteiger partial charge is 0.330 e. The Balaban J connectivity index is 1.29. The van der Waals surface area contributed by atoms with Crippen LogP contribution >= 0.6 is 0 Å². The summed E-state index contributed by atoms with van der Waals surface area (Å²) < 4.78 is 1.87. The van der Waals surface area contributed by atoms with Crippen molar-refractivity contribution in [2.75, 3.05) is 19.6 Å². The summed E-state index contributed by atoms with van der Waals surface area (Å²) in [5, 5.41) is 12.1. The second-order valence-corrected chi connectivity index (χ2v) is 10.3. The highest BCUT2D eigenvalue weighted by Gasteiger charge is 2.47. The molecule has 170 valence electrons. The van der Waals surface area contributed by atoms with Gasteiger partial charge in [-0.1, -0.05) is 18.1 Å². The van der Waals surface area contributed by atoms with E-state index in [0.29, 0.717) is 17.5 Å². The van der Waals surface area contributed by atoms with Crippen LogP contribution in [0.3, 0.4) is 0 Å². The van der Waals surface area contributed by atoms with E-state index < -0.39 is 0 Å². The molecule has 3 aliphatic heterocycles. The van der Waals surface area contributed by atoms with Crippen LogP contribution in [0, 0.1) is 25.7 Å². The Labute approximate surface area is 189 Å². The molecule has 7 heteroatoms. The lowest BCUT2D eigenvalue weighted by Gasteiger charge is -2.54. The van der Waals surface area contributed by atoms with Crippen LogP contribution in [-0.4, -0.2) is 67.4 Å². The molecule has 3 fully saturated rings. The molecule has 4 aliphatic rings. The molecule has 32 heavy (non-hydrogen) atoms. The number of rotatable bonds is 2. The summed E-state index contributed by atoms with van der Waals surface area (Å²) in [5.41, 5.74) is 5.95. The first kappa shape index (κ1) is 20.2. The fourth-order valence-corrected chi connectivity index (χ4v) is 7.06. The summed E-state index contributed by atoms with van der Waals surface area (Å²) in [4.78, 5) is 18.6. The minimum absolute atomic E-state index is 0.0952. The van der Waals surface area contributed by atoms with E-state index in [1.807, 2.05) is 31.6 Å². The molecule has 0 spiro atoms. The van der Waals surface area contributed by atoms with E-state index in [-0.39, 0.29) is 11.9 Å². The van der Waals surface area contributed by atoms with Gasteiger partial charge in [0, 0.05) is 37.4 Å². The Morgan fingerprint density at radius 1 is 1.19 bits per heavy atom. The normalized spacial score (nSPS) is 30.0. The van der Waals surface area contributed by atoms with Gasteiger partial charge < -0.3 is 4.90 Å². The first-order valence-electron chi connectivity index (χ1n) is 12.3. The molecule has 3 saturated heterocycles. The van der Waals surface area contributed by atoms with Crippen molar-refractivity contribution in [1.82, 2.24) is 29.8 Å². The first-order chi connectivity index (χ1) is 15.5. The zero-order chi connectivity index (χ0) is 22.0. The molecule has 2 aromatic heterocycles. The number of carbonyl (C=O) groups excluding carboxylic acids is 1. The number of piperidine rings is 3. The predicted octanol–water partition coefficient (Wildman–Crippen LogP) is 3.46. The molecule has 6 rings (SSSR count). The SMILES string of the molecule is Cc1nn(C)c(C)c1-c1cc(C(=O)N2CCCC3=C[C@@H]4C[C@@H](CN5CCCC[C@H]45)[C@@H]32)[nH]n1. The van der Waals surface area contributed by atoms with Crippen molar-refractivity contribution in [3.05, 3.63) is 34.8 Å². The second kappa shape index (κ2) is 7.58. The Kier molecular flexibility index (Phi) is 4.79. The minimum Gasteiger partial charge on any atom is -0.330 e. The van der Waals surface area contributed by atoms with Gasteiger partial charge in [0.15, 0.2) is 0 Å². The number of nitrogens with zero attached hydrogens (tertiary/aromatic N) is 5. The average Bonchev–Trinajstić information content (AvgIpc) is 3.37. The van der Waals surface area contributed by atoms with Crippen LogP contribution in [0.5, 0.6) is 0 Å². The van der Waals surface area contributed by atoms with Crippen LogP contribution in [0.25, 0.3) is 11.3 Å². The maximum Gasteiger partial charge on any atom is 0.272 e. The number of aromatic amines is 1. The summed E-state index contributed by atoms with van der Waals surface area (Å²) in [5.74, 6) is 1.34. The summed E-state index contributed by atoms with van der Waals surface area (Å²) >= 11 is 0. The predicted molar refractivity (Wildman–Crippen MR) is 123 cm³/mol. The molecule has 1 aliphatic carbocycles. The molecule has 4 atom stereocenters. The van der Waals surface area contributed by atoms with Crippen LogP contribution in [0.15, 0.2) is 17.7 Å². The van der Waals surface area contributed by atoms with Crippen LogP contribution < -0.4 is 0 Å². The third-order valence-corrected chi connectivity index (χ3v) is 8.49. The van der Waals surface area contributed by atoms with Crippen molar-refractivity contribution in [2.24, 2.45) is 18.9 Å². The van der Waals surface area contributed by atoms with Crippen molar-refractivity contribution in [3.8, 4) is 11.3 Å². The maximum atomic E-state index is 13.7. The maximum absolute atomic E-state index is 13.7. The van der Waals surface area contributed by atoms with Gasteiger partial charge in [-0.2, -0.15) is 10.2 Å². The molecule has 0 radical (unpaired) electrons. The quantitative estimate of drug-likeness (QED) is 0.735. The zero-order valence-electron chi connectivity index (χ0n) is 19.5. The van der Waals surface area contributed by atoms with E-state index in [0.717, 1.165) is 54.6 Å².